The molecule has 0 amide bonds. The first-order valence-electron chi connectivity index (χ1n) is 3.76. The van der Waals surface area contributed by atoms with Crippen LogP contribution in [0.15, 0.2) is 0 Å². The van der Waals surface area contributed by atoms with E-state index in [2.05, 4.69) is 11.6 Å². The maximum atomic E-state index is 2.50. The summed E-state index contributed by atoms with van der Waals surface area (Å²) in [6.07, 6.45) is 6.54. The molecule has 1 rings (SSSR count). The Morgan fingerprint density at radius 3 is 3.00 bits per heavy atom. The molecule has 1 heterocycles. The van der Waals surface area contributed by atoms with Gasteiger partial charge in [0.1, 0.15) is 0 Å². The Balaban J connectivity index is 2.08. The van der Waals surface area contributed by atoms with Gasteiger partial charge in [-0.3, -0.25) is 0 Å². The van der Waals surface area contributed by atoms with E-state index in [1.165, 1.54) is 31.6 Å². The Morgan fingerprint density at radius 1 is 1.56 bits per heavy atom. The monoisotopic (exact) mass is 146 g/mol. The third-order valence-corrected chi connectivity index (χ3v) is 2.67. The Bertz CT molecular complexity index is 66.6. The van der Waals surface area contributed by atoms with E-state index in [4.69, 9.17) is 0 Å². The fourth-order valence-electron chi connectivity index (χ4n) is 1.39. The summed E-state index contributed by atoms with van der Waals surface area (Å²) in [6, 6.07) is 0.939. The Labute approximate surface area is 61.6 Å². The minimum atomic E-state index is 0.939. The molecular formula is C7H16NS+. The van der Waals surface area contributed by atoms with Crippen LogP contribution in [0.3, 0.4) is 0 Å². The van der Waals surface area contributed by atoms with E-state index in [1.807, 2.05) is 11.8 Å². The summed E-state index contributed by atoms with van der Waals surface area (Å²) in [5.41, 5.74) is 0. The summed E-state index contributed by atoms with van der Waals surface area (Å²) >= 11 is 1.98. The zero-order valence-corrected chi connectivity index (χ0v) is 6.91. The van der Waals surface area contributed by atoms with Crippen LogP contribution in [-0.4, -0.2) is 24.6 Å². The molecule has 1 nitrogen and oxygen atoms in total. The maximum absolute atomic E-state index is 2.50. The van der Waals surface area contributed by atoms with Gasteiger partial charge in [0, 0.05) is 12.2 Å². The van der Waals surface area contributed by atoms with Crippen LogP contribution in [0.2, 0.25) is 0 Å². The smallest absolute Gasteiger partial charge is 0.0950 e. The number of nitrogens with two attached hydrogens (primary N) is 1. The van der Waals surface area contributed by atoms with Crippen molar-refractivity contribution in [3.05, 3.63) is 0 Å². The zero-order chi connectivity index (χ0) is 6.53. The van der Waals surface area contributed by atoms with Gasteiger partial charge >= 0.3 is 0 Å². The lowest BCUT2D eigenvalue weighted by molar-refractivity contribution is -0.692. The molecule has 54 valence electrons. The average molecular weight is 146 g/mol. The minimum Gasteiger partial charge on any atom is -0.343 e. The first-order valence-corrected chi connectivity index (χ1v) is 5.15. The molecule has 0 aromatic heterocycles. The molecule has 2 heteroatoms. The van der Waals surface area contributed by atoms with Crippen molar-refractivity contribution in [2.75, 3.05) is 18.6 Å². The van der Waals surface area contributed by atoms with Gasteiger partial charge in [-0.25, -0.2) is 0 Å². The van der Waals surface area contributed by atoms with Gasteiger partial charge in [-0.15, -0.1) is 0 Å². The van der Waals surface area contributed by atoms with Gasteiger partial charge in [-0.05, 0) is 19.1 Å². The summed E-state index contributed by atoms with van der Waals surface area (Å²) in [6.45, 7) is 1.37. The fourth-order valence-corrected chi connectivity index (χ4v) is 2.12. The molecule has 1 aliphatic rings. The predicted molar refractivity (Wildman–Crippen MR) is 42.8 cm³/mol. The summed E-state index contributed by atoms with van der Waals surface area (Å²) < 4.78 is 0. The summed E-state index contributed by atoms with van der Waals surface area (Å²) in [7, 11) is 0. The summed E-state index contributed by atoms with van der Waals surface area (Å²) in [5.74, 6) is 1.35. The number of hydrogen-bond acceptors (Lipinski definition) is 1. The van der Waals surface area contributed by atoms with E-state index in [-0.39, 0.29) is 0 Å². The van der Waals surface area contributed by atoms with Crippen molar-refractivity contribution in [3.63, 3.8) is 0 Å². The highest BCUT2D eigenvalue weighted by atomic mass is 32.2. The van der Waals surface area contributed by atoms with Crippen LogP contribution in [0.1, 0.15) is 19.3 Å². The summed E-state index contributed by atoms with van der Waals surface area (Å²) in [5, 5.41) is 2.50. The van der Waals surface area contributed by atoms with E-state index in [1.54, 1.807) is 0 Å². The molecule has 0 bridgehead atoms. The first kappa shape index (κ1) is 7.42. The normalized spacial score (nSPS) is 28.3. The van der Waals surface area contributed by atoms with Crippen molar-refractivity contribution in [1.29, 1.82) is 0 Å². The Kier molecular flexibility index (Phi) is 3.44. The highest BCUT2D eigenvalue weighted by Gasteiger charge is 2.14. The van der Waals surface area contributed by atoms with Crippen molar-refractivity contribution in [2.45, 2.75) is 25.3 Å². The number of rotatable bonds is 2. The minimum absolute atomic E-state index is 0.939. The molecule has 1 aliphatic heterocycles. The second kappa shape index (κ2) is 4.18. The number of hydrogen-bond donors (Lipinski definition) is 1. The van der Waals surface area contributed by atoms with E-state index in [0.717, 1.165) is 6.04 Å². The molecule has 9 heavy (non-hydrogen) atoms. The predicted octanol–water partition coefficient (Wildman–Crippen LogP) is 0.465. The fraction of sp³-hybridized carbons (Fsp3) is 1.00. The van der Waals surface area contributed by atoms with Crippen LogP contribution in [0.5, 0.6) is 0 Å². The number of thioether (sulfide) groups is 1. The molecule has 1 atom stereocenters. The zero-order valence-electron chi connectivity index (χ0n) is 6.10. The molecule has 0 saturated carbocycles. The van der Waals surface area contributed by atoms with Crippen LogP contribution in [-0.2, 0) is 0 Å². The number of quaternary nitrogens is 1. The van der Waals surface area contributed by atoms with Gasteiger partial charge in [-0.2, -0.15) is 11.8 Å². The lowest BCUT2D eigenvalue weighted by Crippen LogP contribution is -2.92. The van der Waals surface area contributed by atoms with Gasteiger partial charge in [0.2, 0.25) is 0 Å². The third kappa shape index (κ3) is 2.59. The van der Waals surface area contributed by atoms with E-state index < -0.39 is 0 Å². The molecule has 1 saturated heterocycles. The molecule has 0 aromatic carbocycles. The molecule has 0 unspecified atom stereocenters. The van der Waals surface area contributed by atoms with Crippen LogP contribution in [0, 0.1) is 0 Å². The number of piperidine rings is 1. The highest BCUT2D eigenvalue weighted by molar-refractivity contribution is 7.98. The van der Waals surface area contributed by atoms with E-state index >= 15 is 0 Å². The van der Waals surface area contributed by atoms with Gasteiger partial charge in [0.15, 0.2) is 0 Å². The lowest BCUT2D eigenvalue weighted by Gasteiger charge is -2.18. The Morgan fingerprint density at radius 2 is 2.44 bits per heavy atom. The summed E-state index contributed by atoms with van der Waals surface area (Å²) in [4.78, 5) is 0. The van der Waals surface area contributed by atoms with Gasteiger partial charge < -0.3 is 5.32 Å². The van der Waals surface area contributed by atoms with Gasteiger partial charge in [-0.1, -0.05) is 0 Å². The molecule has 0 radical (unpaired) electrons. The lowest BCUT2D eigenvalue weighted by atomic mass is 10.1. The molecule has 0 aromatic rings. The average Bonchev–Trinajstić information content (AvgIpc) is 1.91. The van der Waals surface area contributed by atoms with Crippen molar-refractivity contribution in [2.24, 2.45) is 0 Å². The molecule has 2 N–H and O–H groups in total. The molecule has 1 fully saturated rings. The van der Waals surface area contributed by atoms with Crippen LogP contribution < -0.4 is 5.32 Å². The van der Waals surface area contributed by atoms with Crippen molar-refractivity contribution in [1.82, 2.24) is 0 Å². The van der Waals surface area contributed by atoms with Crippen molar-refractivity contribution < 1.29 is 5.32 Å². The largest absolute Gasteiger partial charge is 0.343 e. The second-order valence-corrected chi connectivity index (χ2v) is 3.65. The molecule has 0 spiro atoms. The first-order chi connectivity index (χ1) is 4.43. The van der Waals surface area contributed by atoms with Crippen LogP contribution in [0.4, 0.5) is 0 Å². The Hall–Kier alpha value is 0.310. The molecular weight excluding hydrogens is 130 g/mol. The standard InChI is InChI=1S/C7H15NS/c1-9-6-7-4-2-3-5-8-7/h7-8H,2-6H2,1H3/p+1/t7-/m0/s1. The third-order valence-electron chi connectivity index (χ3n) is 1.91. The van der Waals surface area contributed by atoms with Crippen molar-refractivity contribution >= 4 is 11.8 Å². The van der Waals surface area contributed by atoms with Crippen molar-refractivity contribution in [3.8, 4) is 0 Å². The van der Waals surface area contributed by atoms with Crippen LogP contribution in [0.25, 0.3) is 0 Å². The van der Waals surface area contributed by atoms with Gasteiger partial charge in [0.25, 0.3) is 0 Å². The highest BCUT2D eigenvalue weighted by Crippen LogP contribution is 2.05. The van der Waals surface area contributed by atoms with E-state index in [9.17, 15) is 0 Å². The quantitative estimate of drug-likeness (QED) is 0.599. The molecule has 0 aliphatic carbocycles. The van der Waals surface area contributed by atoms with Gasteiger partial charge in [0.05, 0.1) is 12.6 Å². The van der Waals surface area contributed by atoms with E-state index in [0.29, 0.717) is 0 Å². The maximum Gasteiger partial charge on any atom is 0.0950 e. The second-order valence-electron chi connectivity index (χ2n) is 2.74. The van der Waals surface area contributed by atoms with Crippen LogP contribution >= 0.6 is 11.8 Å². The SMILES string of the molecule is CSC[C@@H]1CCCC[NH2+]1. The topological polar surface area (TPSA) is 16.6 Å².